The Bertz CT molecular complexity index is 474. The second kappa shape index (κ2) is 6.28. The van der Waals surface area contributed by atoms with Crippen LogP contribution in [0, 0.1) is 0 Å². The van der Waals surface area contributed by atoms with E-state index in [1.165, 1.54) is 0 Å². The normalized spacial score (nSPS) is 10.8. The molecule has 0 amide bonds. The highest BCUT2D eigenvalue weighted by atomic mass is 15.0. The molecule has 0 atom stereocenters. The molecule has 2 aromatic heterocycles. The van der Waals surface area contributed by atoms with Crippen LogP contribution in [0.1, 0.15) is 18.5 Å². The second-order valence-electron chi connectivity index (χ2n) is 4.23. The molecule has 2 rings (SSSR count). The van der Waals surface area contributed by atoms with E-state index in [0.29, 0.717) is 6.54 Å². The second-order valence-corrected chi connectivity index (χ2v) is 4.23. The van der Waals surface area contributed by atoms with Crippen LogP contribution in [0.4, 0.5) is 0 Å². The van der Waals surface area contributed by atoms with Crippen LogP contribution in [0.3, 0.4) is 0 Å². The zero-order valence-corrected chi connectivity index (χ0v) is 10.4. The quantitative estimate of drug-likeness (QED) is 0.748. The van der Waals surface area contributed by atoms with Crippen molar-refractivity contribution in [3.05, 3.63) is 36.5 Å². The van der Waals surface area contributed by atoms with Gasteiger partial charge in [-0.15, -0.1) is 0 Å². The van der Waals surface area contributed by atoms with E-state index >= 15 is 0 Å². The summed E-state index contributed by atoms with van der Waals surface area (Å²) in [5.41, 5.74) is 13.8. The van der Waals surface area contributed by atoms with Crippen molar-refractivity contribution in [3.63, 3.8) is 0 Å². The van der Waals surface area contributed by atoms with E-state index in [9.17, 15) is 0 Å². The Balaban J connectivity index is 2.04. The Hall–Kier alpha value is -1.72. The van der Waals surface area contributed by atoms with E-state index in [2.05, 4.69) is 14.5 Å². The summed E-state index contributed by atoms with van der Waals surface area (Å²) in [4.78, 5) is 8.65. The molecule has 5 heteroatoms. The lowest BCUT2D eigenvalue weighted by atomic mass is 10.2. The highest BCUT2D eigenvalue weighted by molar-refractivity contribution is 5.56. The number of hydrogen-bond donors (Lipinski definition) is 2. The number of aromatic nitrogens is 3. The summed E-state index contributed by atoms with van der Waals surface area (Å²) in [6.45, 7) is 2.17. The van der Waals surface area contributed by atoms with E-state index < -0.39 is 0 Å². The van der Waals surface area contributed by atoms with Gasteiger partial charge in [-0.2, -0.15) is 0 Å². The van der Waals surface area contributed by atoms with Crippen LogP contribution in [0.25, 0.3) is 11.3 Å². The van der Waals surface area contributed by atoms with E-state index in [-0.39, 0.29) is 0 Å². The van der Waals surface area contributed by atoms with Gasteiger partial charge < -0.3 is 16.0 Å². The molecule has 96 valence electrons. The zero-order valence-electron chi connectivity index (χ0n) is 10.4. The molecule has 2 aromatic rings. The van der Waals surface area contributed by atoms with Gasteiger partial charge in [-0.05, 0) is 31.5 Å². The number of imidazole rings is 1. The minimum atomic E-state index is 0.466. The van der Waals surface area contributed by atoms with Crippen molar-refractivity contribution in [2.45, 2.75) is 25.9 Å². The topological polar surface area (TPSA) is 82.8 Å². The molecule has 0 aliphatic carbocycles. The minimum absolute atomic E-state index is 0.466. The lowest BCUT2D eigenvalue weighted by molar-refractivity contribution is 0.614. The Morgan fingerprint density at radius 3 is 2.67 bits per heavy atom. The molecule has 0 saturated heterocycles. The number of unbranched alkanes of at least 4 members (excludes halogenated alkanes) is 1. The van der Waals surface area contributed by atoms with Gasteiger partial charge in [0.25, 0.3) is 0 Å². The van der Waals surface area contributed by atoms with Crippen molar-refractivity contribution in [2.75, 3.05) is 6.54 Å². The van der Waals surface area contributed by atoms with E-state index in [1.807, 2.05) is 30.9 Å². The summed E-state index contributed by atoms with van der Waals surface area (Å²) in [6.07, 6.45) is 7.82. The van der Waals surface area contributed by atoms with Crippen LogP contribution in [-0.4, -0.2) is 21.1 Å². The molecule has 5 nitrogen and oxygen atoms in total. The molecule has 0 aliphatic rings. The molecule has 0 saturated carbocycles. The summed E-state index contributed by atoms with van der Waals surface area (Å²) < 4.78 is 2.09. The molecular weight excluding hydrogens is 226 g/mol. The fourth-order valence-corrected chi connectivity index (χ4v) is 1.77. The number of nitrogens with two attached hydrogens (primary N) is 2. The lowest BCUT2D eigenvalue weighted by Crippen LogP contribution is -2.01. The molecule has 4 N–H and O–H groups in total. The molecule has 0 aliphatic heterocycles. The van der Waals surface area contributed by atoms with Gasteiger partial charge in [0.1, 0.15) is 0 Å². The lowest BCUT2D eigenvalue weighted by Gasteiger charge is -2.00. The number of aryl methyl sites for hydroxylation is 1. The van der Waals surface area contributed by atoms with E-state index in [1.54, 1.807) is 0 Å². The van der Waals surface area contributed by atoms with Crippen LogP contribution < -0.4 is 11.5 Å². The molecule has 0 radical (unpaired) electrons. The molecule has 18 heavy (non-hydrogen) atoms. The van der Waals surface area contributed by atoms with Gasteiger partial charge in [0.05, 0.1) is 17.7 Å². The molecule has 0 unspecified atom stereocenters. The van der Waals surface area contributed by atoms with Gasteiger partial charge in [-0.1, -0.05) is 0 Å². The molecule has 0 bridgehead atoms. The van der Waals surface area contributed by atoms with Crippen LogP contribution >= 0.6 is 0 Å². The first kappa shape index (κ1) is 12.7. The van der Waals surface area contributed by atoms with Gasteiger partial charge in [-0.25, -0.2) is 4.98 Å². The van der Waals surface area contributed by atoms with Gasteiger partial charge in [0.15, 0.2) is 0 Å². The Morgan fingerprint density at radius 1 is 1.11 bits per heavy atom. The maximum Gasteiger partial charge on any atom is 0.0953 e. The van der Waals surface area contributed by atoms with Gasteiger partial charge in [0, 0.05) is 31.0 Å². The molecule has 0 fully saturated rings. The number of nitrogens with zero attached hydrogens (tertiary/aromatic N) is 3. The standard InChI is InChI=1S/C13H19N5/c14-5-1-2-6-18-9-13(17-10-18)11-3-4-12(7-15)16-8-11/h3-4,8-10H,1-2,5-7,14-15H2. The summed E-state index contributed by atoms with van der Waals surface area (Å²) in [5, 5.41) is 0. The van der Waals surface area contributed by atoms with Crippen LogP contribution in [0.15, 0.2) is 30.9 Å². The summed E-state index contributed by atoms with van der Waals surface area (Å²) in [7, 11) is 0. The van der Waals surface area contributed by atoms with Crippen LogP contribution in [0.2, 0.25) is 0 Å². The number of rotatable bonds is 6. The van der Waals surface area contributed by atoms with E-state index in [0.717, 1.165) is 42.9 Å². The van der Waals surface area contributed by atoms with Crippen molar-refractivity contribution < 1.29 is 0 Å². The van der Waals surface area contributed by atoms with Gasteiger partial charge in [0.2, 0.25) is 0 Å². The monoisotopic (exact) mass is 245 g/mol. The maximum atomic E-state index is 5.52. The Labute approximate surface area is 107 Å². The average Bonchev–Trinajstić information content (AvgIpc) is 2.88. The van der Waals surface area contributed by atoms with Crippen molar-refractivity contribution >= 4 is 0 Å². The number of pyridine rings is 1. The average molecular weight is 245 g/mol. The fourth-order valence-electron chi connectivity index (χ4n) is 1.77. The molecular formula is C13H19N5. The van der Waals surface area contributed by atoms with Crippen molar-refractivity contribution in [2.24, 2.45) is 11.5 Å². The summed E-state index contributed by atoms with van der Waals surface area (Å²) in [6, 6.07) is 3.94. The smallest absolute Gasteiger partial charge is 0.0953 e. The SMILES string of the molecule is NCCCCn1cnc(-c2ccc(CN)nc2)c1. The van der Waals surface area contributed by atoms with Crippen molar-refractivity contribution in [3.8, 4) is 11.3 Å². The van der Waals surface area contributed by atoms with E-state index in [4.69, 9.17) is 11.5 Å². The van der Waals surface area contributed by atoms with Gasteiger partial charge in [-0.3, -0.25) is 4.98 Å². The maximum absolute atomic E-state index is 5.52. The molecule has 2 heterocycles. The minimum Gasteiger partial charge on any atom is -0.337 e. The summed E-state index contributed by atoms with van der Waals surface area (Å²) in [5.74, 6) is 0. The first-order valence-corrected chi connectivity index (χ1v) is 6.20. The van der Waals surface area contributed by atoms with Crippen molar-refractivity contribution in [1.82, 2.24) is 14.5 Å². The third-order valence-electron chi connectivity index (χ3n) is 2.83. The van der Waals surface area contributed by atoms with Crippen LogP contribution in [-0.2, 0) is 13.1 Å². The molecule has 0 spiro atoms. The predicted molar refractivity (Wildman–Crippen MR) is 71.6 cm³/mol. The first-order chi connectivity index (χ1) is 8.83. The predicted octanol–water partition coefficient (Wildman–Crippen LogP) is 1.14. The summed E-state index contributed by atoms with van der Waals surface area (Å²) >= 11 is 0. The molecule has 0 aromatic carbocycles. The fraction of sp³-hybridized carbons (Fsp3) is 0.385. The highest BCUT2D eigenvalue weighted by Gasteiger charge is 2.02. The Kier molecular flexibility index (Phi) is 4.44. The number of hydrogen-bond acceptors (Lipinski definition) is 4. The Morgan fingerprint density at radius 2 is 2.00 bits per heavy atom. The highest BCUT2D eigenvalue weighted by Crippen LogP contribution is 2.16. The zero-order chi connectivity index (χ0) is 12.8. The largest absolute Gasteiger partial charge is 0.337 e. The third-order valence-corrected chi connectivity index (χ3v) is 2.83. The van der Waals surface area contributed by atoms with Crippen LogP contribution in [0.5, 0.6) is 0 Å². The van der Waals surface area contributed by atoms with Crippen molar-refractivity contribution in [1.29, 1.82) is 0 Å². The first-order valence-electron chi connectivity index (χ1n) is 6.20. The third kappa shape index (κ3) is 3.15. The van der Waals surface area contributed by atoms with Gasteiger partial charge >= 0.3 is 0 Å².